The van der Waals surface area contributed by atoms with Gasteiger partial charge in [0, 0.05) is 31.8 Å². The molecule has 8 heteroatoms. The number of hydrogen-bond donors (Lipinski definition) is 2. The minimum absolute atomic E-state index is 0.00609. The number of piperazine rings is 1. The quantitative estimate of drug-likeness (QED) is 0.645. The molecule has 3 heterocycles. The minimum Gasteiger partial charge on any atom is -0.381 e. The first kappa shape index (κ1) is 13.2. The maximum atomic E-state index is 12.2. The molecule has 4 N–H and O–H groups in total. The summed E-state index contributed by atoms with van der Waals surface area (Å²) < 4.78 is 5.41. The highest BCUT2D eigenvalue weighted by Crippen LogP contribution is 2.42. The number of primary amides is 2. The van der Waals surface area contributed by atoms with Gasteiger partial charge in [0.15, 0.2) is 0 Å². The van der Waals surface area contributed by atoms with Gasteiger partial charge in [0.05, 0.1) is 19.2 Å². The Balaban J connectivity index is 1.91. The van der Waals surface area contributed by atoms with Crippen molar-refractivity contribution >= 4 is 18.2 Å². The van der Waals surface area contributed by atoms with Gasteiger partial charge in [-0.2, -0.15) is 5.10 Å². The Hall–Kier alpha value is -1.83. The molecule has 110 valence electrons. The summed E-state index contributed by atoms with van der Waals surface area (Å²) in [5.41, 5.74) is 10.2. The number of carbonyl (C=O) groups excluding carboxylic acids is 2. The van der Waals surface area contributed by atoms with Crippen molar-refractivity contribution < 1.29 is 14.3 Å². The van der Waals surface area contributed by atoms with Crippen molar-refractivity contribution in [2.45, 2.75) is 12.5 Å². The molecule has 2 saturated heterocycles. The summed E-state index contributed by atoms with van der Waals surface area (Å²) in [6, 6.07) is -0.717. The van der Waals surface area contributed by atoms with Crippen molar-refractivity contribution in [2.75, 3.05) is 32.8 Å². The molecule has 0 saturated carbocycles. The summed E-state index contributed by atoms with van der Waals surface area (Å²) in [5, 5.41) is 6.19. The maximum Gasteiger partial charge on any atom is 0.314 e. The molecule has 3 atom stereocenters. The molecule has 0 aromatic heterocycles. The number of ether oxygens (including phenoxy) is 1. The highest BCUT2D eigenvalue weighted by molar-refractivity contribution is 6.00. The fourth-order valence-electron chi connectivity index (χ4n) is 3.48. The molecule has 3 rings (SSSR count). The number of nitrogens with zero attached hydrogens (tertiary/aromatic N) is 3. The molecule has 0 bridgehead atoms. The molecule has 2 fully saturated rings. The van der Waals surface area contributed by atoms with Gasteiger partial charge in [0.2, 0.25) is 5.91 Å². The highest BCUT2D eigenvalue weighted by atomic mass is 16.5. The Morgan fingerprint density at radius 3 is 2.75 bits per heavy atom. The molecular weight excluding hydrogens is 262 g/mol. The van der Waals surface area contributed by atoms with E-state index >= 15 is 0 Å². The van der Waals surface area contributed by atoms with E-state index in [0.717, 1.165) is 6.42 Å². The molecule has 0 aliphatic carbocycles. The zero-order chi connectivity index (χ0) is 14.3. The summed E-state index contributed by atoms with van der Waals surface area (Å²) in [6.07, 6.45) is 2.43. The summed E-state index contributed by atoms with van der Waals surface area (Å²) in [5.74, 6) is -0.401. The van der Waals surface area contributed by atoms with E-state index in [-0.39, 0.29) is 12.0 Å². The predicted molar refractivity (Wildman–Crippen MR) is 70.7 cm³/mol. The van der Waals surface area contributed by atoms with Crippen LogP contribution in [0, 0.1) is 11.3 Å². The molecule has 8 nitrogen and oxygen atoms in total. The highest BCUT2D eigenvalue weighted by Gasteiger charge is 2.57. The van der Waals surface area contributed by atoms with Gasteiger partial charge in [-0.15, -0.1) is 0 Å². The van der Waals surface area contributed by atoms with Gasteiger partial charge in [0.1, 0.15) is 5.41 Å². The predicted octanol–water partition coefficient (Wildman–Crippen LogP) is -1.44. The van der Waals surface area contributed by atoms with Crippen LogP contribution in [0.2, 0.25) is 0 Å². The maximum absolute atomic E-state index is 12.2. The Morgan fingerprint density at radius 2 is 2.15 bits per heavy atom. The van der Waals surface area contributed by atoms with E-state index in [9.17, 15) is 9.59 Å². The number of hydrazone groups is 1. The van der Waals surface area contributed by atoms with Crippen molar-refractivity contribution in [2.24, 2.45) is 27.9 Å². The van der Waals surface area contributed by atoms with Crippen LogP contribution in [-0.4, -0.2) is 67.0 Å². The van der Waals surface area contributed by atoms with Crippen molar-refractivity contribution in [3.8, 4) is 0 Å². The number of fused-ring (bicyclic) bond motifs is 1. The van der Waals surface area contributed by atoms with Gasteiger partial charge < -0.3 is 21.1 Å². The van der Waals surface area contributed by atoms with Crippen molar-refractivity contribution in [3.05, 3.63) is 0 Å². The summed E-state index contributed by atoms with van der Waals surface area (Å²) >= 11 is 0. The summed E-state index contributed by atoms with van der Waals surface area (Å²) in [7, 11) is 0. The van der Waals surface area contributed by atoms with Crippen LogP contribution in [0.25, 0.3) is 0 Å². The molecule has 3 aliphatic rings. The van der Waals surface area contributed by atoms with E-state index in [1.54, 1.807) is 11.1 Å². The van der Waals surface area contributed by atoms with E-state index in [0.29, 0.717) is 32.8 Å². The number of rotatable bonds is 2. The second-order valence-electron chi connectivity index (χ2n) is 5.57. The zero-order valence-corrected chi connectivity index (χ0v) is 11.2. The second-order valence-corrected chi connectivity index (χ2v) is 5.57. The molecule has 0 aromatic carbocycles. The Morgan fingerprint density at radius 1 is 1.35 bits per heavy atom. The van der Waals surface area contributed by atoms with Gasteiger partial charge in [-0.25, -0.2) is 4.79 Å². The van der Waals surface area contributed by atoms with Crippen LogP contribution in [0.15, 0.2) is 5.10 Å². The smallest absolute Gasteiger partial charge is 0.314 e. The minimum atomic E-state index is -0.870. The van der Waals surface area contributed by atoms with Gasteiger partial charge in [-0.1, -0.05) is 0 Å². The van der Waals surface area contributed by atoms with E-state index in [4.69, 9.17) is 16.2 Å². The third-order valence-electron chi connectivity index (χ3n) is 4.67. The lowest BCUT2D eigenvalue weighted by Crippen LogP contribution is -2.63. The largest absolute Gasteiger partial charge is 0.381 e. The van der Waals surface area contributed by atoms with Crippen LogP contribution in [0.3, 0.4) is 0 Å². The average Bonchev–Trinajstić information content (AvgIpc) is 3.05. The van der Waals surface area contributed by atoms with Crippen LogP contribution in [0.1, 0.15) is 6.42 Å². The Kier molecular flexibility index (Phi) is 3.04. The van der Waals surface area contributed by atoms with Gasteiger partial charge in [-0.3, -0.25) is 9.80 Å². The second kappa shape index (κ2) is 4.62. The lowest BCUT2D eigenvalue weighted by molar-refractivity contribution is -0.130. The van der Waals surface area contributed by atoms with Crippen molar-refractivity contribution in [1.29, 1.82) is 0 Å². The molecule has 0 radical (unpaired) electrons. The standard InChI is InChI=1S/C12H19N5O3/c13-10(18)12(8-1-4-20-6-8)7-15-17-3-2-16(11(14)19)5-9(12)17/h7-9H,1-6H2,(H2,13,18)(H2,14,19)/t8-,9?,12?/m1/s1. The number of hydrogen-bond acceptors (Lipinski definition) is 5. The van der Waals surface area contributed by atoms with E-state index in [2.05, 4.69) is 5.10 Å². The molecule has 2 unspecified atom stereocenters. The first-order chi connectivity index (χ1) is 9.55. The topological polar surface area (TPSA) is 114 Å². The molecule has 3 amide bonds. The van der Waals surface area contributed by atoms with Crippen LogP contribution >= 0.6 is 0 Å². The Bertz CT molecular complexity index is 462. The van der Waals surface area contributed by atoms with E-state index in [1.165, 1.54) is 0 Å². The molecule has 0 aromatic rings. The summed E-state index contributed by atoms with van der Waals surface area (Å²) in [6.45, 7) is 2.57. The summed E-state index contributed by atoms with van der Waals surface area (Å²) in [4.78, 5) is 25.1. The number of urea groups is 1. The van der Waals surface area contributed by atoms with Crippen LogP contribution in [-0.2, 0) is 9.53 Å². The van der Waals surface area contributed by atoms with Crippen LogP contribution < -0.4 is 11.5 Å². The van der Waals surface area contributed by atoms with E-state index in [1.807, 2.05) is 5.01 Å². The monoisotopic (exact) mass is 281 g/mol. The average molecular weight is 281 g/mol. The first-order valence-corrected chi connectivity index (χ1v) is 6.79. The lowest BCUT2D eigenvalue weighted by atomic mass is 9.69. The normalized spacial score (nSPS) is 36.2. The van der Waals surface area contributed by atoms with Crippen molar-refractivity contribution in [1.82, 2.24) is 9.91 Å². The first-order valence-electron chi connectivity index (χ1n) is 6.79. The molecular formula is C12H19N5O3. The molecule has 0 spiro atoms. The zero-order valence-electron chi connectivity index (χ0n) is 11.2. The Labute approximate surface area is 116 Å². The van der Waals surface area contributed by atoms with Crippen LogP contribution in [0.5, 0.6) is 0 Å². The van der Waals surface area contributed by atoms with Gasteiger partial charge in [0.25, 0.3) is 0 Å². The van der Waals surface area contributed by atoms with Gasteiger partial charge in [-0.05, 0) is 6.42 Å². The number of nitrogens with two attached hydrogens (primary N) is 2. The fraction of sp³-hybridized carbons (Fsp3) is 0.750. The third-order valence-corrected chi connectivity index (χ3v) is 4.67. The van der Waals surface area contributed by atoms with E-state index < -0.39 is 17.4 Å². The van der Waals surface area contributed by atoms with Crippen molar-refractivity contribution in [3.63, 3.8) is 0 Å². The fourth-order valence-corrected chi connectivity index (χ4v) is 3.48. The third kappa shape index (κ3) is 1.75. The molecule has 3 aliphatic heterocycles. The number of carbonyl (C=O) groups is 2. The number of amides is 3. The molecule has 20 heavy (non-hydrogen) atoms. The van der Waals surface area contributed by atoms with Gasteiger partial charge >= 0.3 is 6.03 Å². The van der Waals surface area contributed by atoms with Crippen LogP contribution in [0.4, 0.5) is 4.79 Å². The SMILES string of the molecule is NC(=O)N1CCN2N=CC(C(N)=O)([C@@H]3CCOC3)C2C1. The lowest BCUT2D eigenvalue weighted by Gasteiger charge is -2.43.